The molecular weight excluding hydrogens is 276 g/mol. The van der Waals surface area contributed by atoms with E-state index in [1.165, 1.54) is 24.1 Å². The highest BCUT2D eigenvalue weighted by atomic mass is 35.5. The molecule has 0 amide bonds. The first-order valence-electron chi connectivity index (χ1n) is 6.69. The van der Waals surface area contributed by atoms with Gasteiger partial charge in [0.1, 0.15) is 0 Å². The second-order valence-electron chi connectivity index (χ2n) is 5.05. The normalized spacial score (nSPS) is 16.5. The number of aromatic nitrogens is 1. The molecule has 1 aliphatic carbocycles. The van der Waals surface area contributed by atoms with Gasteiger partial charge in [0.15, 0.2) is 0 Å². The summed E-state index contributed by atoms with van der Waals surface area (Å²) in [6.07, 6.45) is 3.66. The fourth-order valence-corrected chi connectivity index (χ4v) is 3.09. The highest BCUT2D eigenvalue weighted by Crippen LogP contribution is 2.41. The van der Waals surface area contributed by atoms with Gasteiger partial charge in [-0.1, -0.05) is 23.7 Å². The van der Waals surface area contributed by atoms with Crippen LogP contribution in [0.25, 0.3) is 0 Å². The minimum absolute atomic E-state index is 0.468. The summed E-state index contributed by atoms with van der Waals surface area (Å²) in [7, 11) is 0. The van der Waals surface area contributed by atoms with Gasteiger partial charge >= 0.3 is 0 Å². The molecule has 0 unspecified atom stereocenters. The third-order valence-corrected chi connectivity index (χ3v) is 4.44. The van der Waals surface area contributed by atoms with Crippen molar-refractivity contribution >= 4 is 22.9 Å². The summed E-state index contributed by atoms with van der Waals surface area (Å²) in [4.78, 5) is 4.32. The van der Waals surface area contributed by atoms with E-state index in [1.807, 2.05) is 17.6 Å². The lowest BCUT2D eigenvalue weighted by molar-refractivity contribution is 0.483. The Labute approximate surface area is 122 Å². The Kier molecular flexibility index (Phi) is 4.16. The zero-order valence-corrected chi connectivity index (χ0v) is 12.3. The van der Waals surface area contributed by atoms with Crippen LogP contribution in [0.5, 0.6) is 0 Å². The Balaban J connectivity index is 1.60. The first-order valence-corrected chi connectivity index (χ1v) is 8.01. The molecule has 1 saturated carbocycles. The van der Waals surface area contributed by atoms with E-state index in [0.29, 0.717) is 6.04 Å². The van der Waals surface area contributed by atoms with Gasteiger partial charge in [-0.3, -0.25) is 0 Å². The Bertz CT molecular complexity index is 505. The van der Waals surface area contributed by atoms with E-state index >= 15 is 0 Å². The summed E-state index contributed by atoms with van der Waals surface area (Å²) < 4.78 is 0. The number of nitrogens with one attached hydrogen (secondary N) is 1. The van der Waals surface area contributed by atoms with Crippen molar-refractivity contribution in [1.29, 1.82) is 0 Å². The largest absolute Gasteiger partial charge is 0.309 e. The molecule has 1 aromatic carbocycles. The molecule has 0 spiro atoms. The Hall–Kier alpha value is -0.900. The lowest BCUT2D eigenvalue weighted by atomic mass is 10.0. The molecular formula is C15H17ClN2S. The molecule has 1 aromatic heterocycles. The van der Waals surface area contributed by atoms with Gasteiger partial charge in [0.05, 0.1) is 11.2 Å². The van der Waals surface area contributed by atoms with Crippen molar-refractivity contribution in [3.05, 3.63) is 51.4 Å². The van der Waals surface area contributed by atoms with Crippen molar-refractivity contribution < 1.29 is 0 Å². The Morgan fingerprint density at radius 2 is 2.11 bits per heavy atom. The van der Waals surface area contributed by atoms with Crippen LogP contribution in [0.15, 0.2) is 35.2 Å². The monoisotopic (exact) mass is 292 g/mol. The van der Waals surface area contributed by atoms with Gasteiger partial charge in [0.2, 0.25) is 0 Å². The zero-order chi connectivity index (χ0) is 13.1. The highest BCUT2D eigenvalue weighted by Gasteiger charge is 2.31. The lowest BCUT2D eigenvalue weighted by Crippen LogP contribution is -2.25. The van der Waals surface area contributed by atoms with Crippen LogP contribution in [0.4, 0.5) is 0 Å². The fourth-order valence-electron chi connectivity index (χ4n) is 2.37. The van der Waals surface area contributed by atoms with Crippen LogP contribution in [0.2, 0.25) is 5.02 Å². The van der Waals surface area contributed by atoms with E-state index < -0.39 is 0 Å². The van der Waals surface area contributed by atoms with E-state index in [0.717, 1.165) is 23.9 Å². The minimum atomic E-state index is 0.468. The summed E-state index contributed by atoms with van der Waals surface area (Å²) in [5.74, 6) is 0.789. The van der Waals surface area contributed by atoms with Crippen LogP contribution in [-0.2, 0) is 6.42 Å². The Morgan fingerprint density at radius 1 is 1.32 bits per heavy atom. The molecule has 1 fully saturated rings. The molecule has 0 radical (unpaired) electrons. The van der Waals surface area contributed by atoms with Crippen molar-refractivity contribution in [2.24, 2.45) is 5.92 Å². The predicted octanol–water partition coefficient (Wildman–Crippen LogP) is 4.08. The first-order chi connectivity index (χ1) is 9.33. The highest BCUT2D eigenvalue weighted by molar-refractivity contribution is 7.07. The zero-order valence-electron chi connectivity index (χ0n) is 10.7. The first kappa shape index (κ1) is 13.1. The van der Waals surface area contributed by atoms with Gasteiger partial charge in [-0.15, -0.1) is 11.3 Å². The molecule has 2 nitrogen and oxygen atoms in total. The minimum Gasteiger partial charge on any atom is -0.309 e. The molecule has 1 aliphatic rings. The van der Waals surface area contributed by atoms with Crippen molar-refractivity contribution in [3.8, 4) is 0 Å². The van der Waals surface area contributed by atoms with Crippen molar-refractivity contribution in [2.75, 3.05) is 6.54 Å². The standard InChI is InChI=1S/C15H17ClN2S/c16-13-5-3-12(4-6-13)15(11-1-2-11)17-8-7-14-9-19-10-18-14/h3-6,9-11,15,17H,1-2,7-8H2/t15-/m0/s1. The SMILES string of the molecule is Clc1ccc([C@@H](NCCc2cscn2)C2CC2)cc1. The van der Waals surface area contributed by atoms with Crippen LogP contribution >= 0.6 is 22.9 Å². The molecule has 1 N–H and O–H groups in total. The smallest absolute Gasteiger partial charge is 0.0794 e. The van der Waals surface area contributed by atoms with E-state index in [4.69, 9.17) is 11.6 Å². The molecule has 4 heteroatoms. The van der Waals surface area contributed by atoms with Gasteiger partial charge in [0, 0.05) is 29.4 Å². The Morgan fingerprint density at radius 3 is 2.74 bits per heavy atom. The third kappa shape index (κ3) is 3.56. The van der Waals surface area contributed by atoms with Gasteiger partial charge in [-0.05, 0) is 36.5 Å². The average molecular weight is 293 g/mol. The van der Waals surface area contributed by atoms with E-state index in [9.17, 15) is 0 Å². The average Bonchev–Trinajstić information content (AvgIpc) is 3.13. The second kappa shape index (κ2) is 6.04. The molecule has 1 heterocycles. The number of rotatable bonds is 6. The fraction of sp³-hybridized carbons (Fsp3) is 0.400. The van der Waals surface area contributed by atoms with Crippen molar-refractivity contribution in [3.63, 3.8) is 0 Å². The second-order valence-corrected chi connectivity index (χ2v) is 6.21. The number of hydrogen-bond donors (Lipinski definition) is 1. The van der Waals surface area contributed by atoms with Crippen LogP contribution in [0.1, 0.15) is 30.1 Å². The van der Waals surface area contributed by atoms with E-state index in [2.05, 4.69) is 27.8 Å². The van der Waals surface area contributed by atoms with Gasteiger partial charge in [-0.2, -0.15) is 0 Å². The van der Waals surface area contributed by atoms with Crippen LogP contribution in [0.3, 0.4) is 0 Å². The maximum atomic E-state index is 5.96. The van der Waals surface area contributed by atoms with Crippen LogP contribution in [0, 0.1) is 5.92 Å². The molecule has 3 rings (SSSR count). The summed E-state index contributed by atoms with van der Waals surface area (Å²) in [5.41, 5.74) is 4.43. The maximum absolute atomic E-state index is 5.96. The van der Waals surface area contributed by atoms with Crippen LogP contribution in [-0.4, -0.2) is 11.5 Å². The van der Waals surface area contributed by atoms with E-state index in [-0.39, 0.29) is 0 Å². The molecule has 0 saturated heterocycles. The van der Waals surface area contributed by atoms with Gasteiger partial charge in [-0.25, -0.2) is 4.98 Å². The number of thiazole rings is 1. The number of halogens is 1. The molecule has 0 aliphatic heterocycles. The maximum Gasteiger partial charge on any atom is 0.0794 e. The molecule has 2 aromatic rings. The molecule has 19 heavy (non-hydrogen) atoms. The lowest BCUT2D eigenvalue weighted by Gasteiger charge is -2.18. The number of hydrogen-bond acceptors (Lipinski definition) is 3. The summed E-state index contributed by atoms with van der Waals surface area (Å²) in [5, 5.41) is 6.60. The summed E-state index contributed by atoms with van der Waals surface area (Å²) in [6.45, 7) is 0.980. The third-order valence-electron chi connectivity index (χ3n) is 3.55. The summed E-state index contributed by atoms with van der Waals surface area (Å²) >= 11 is 7.62. The summed E-state index contributed by atoms with van der Waals surface area (Å²) in [6, 6.07) is 8.71. The molecule has 0 bridgehead atoms. The van der Waals surface area contributed by atoms with Crippen molar-refractivity contribution in [1.82, 2.24) is 10.3 Å². The number of nitrogens with zero attached hydrogens (tertiary/aromatic N) is 1. The molecule has 1 atom stereocenters. The molecule has 100 valence electrons. The van der Waals surface area contributed by atoms with E-state index in [1.54, 1.807) is 11.3 Å². The van der Waals surface area contributed by atoms with Gasteiger partial charge in [0.25, 0.3) is 0 Å². The topological polar surface area (TPSA) is 24.9 Å². The predicted molar refractivity (Wildman–Crippen MR) is 80.7 cm³/mol. The van der Waals surface area contributed by atoms with Crippen molar-refractivity contribution in [2.45, 2.75) is 25.3 Å². The van der Waals surface area contributed by atoms with Crippen LogP contribution < -0.4 is 5.32 Å². The van der Waals surface area contributed by atoms with Gasteiger partial charge < -0.3 is 5.32 Å². The number of benzene rings is 1. The quantitative estimate of drug-likeness (QED) is 0.868.